The van der Waals surface area contributed by atoms with Crippen LogP contribution in [0.5, 0.6) is 5.75 Å². The van der Waals surface area contributed by atoms with Crippen molar-refractivity contribution in [3.63, 3.8) is 0 Å². The quantitative estimate of drug-likeness (QED) is 0.621. The first-order chi connectivity index (χ1) is 14.6. The van der Waals surface area contributed by atoms with Gasteiger partial charge in [-0.2, -0.15) is 0 Å². The maximum absolute atomic E-state index is 13.3. The summed E-state index contributed by atoms with van der Waals surface area (Å²) < 4.78 is 5.35. The van der Waals surface area contributed by atoms with E-state index in [4.69, 9.17) is 4.74 Å². The van der Waals surface area contributed by atoms with Gasteiger partial charge in [-0.3, -0.25) is 14.6 Å². The number of carbonyl (C=O) groups is 2. The zero-order valence-electron chi connectivity index (χ0n) is 16.9. The van der Waals surface area contributed by atoms with E-state index in [-0.39, 0.29) is 11.8 Å². The van der Waals surface area contributed by atoms with Gasteiger partial charge in [0.2, 0.25) is 0 Å². The van der Waals surface area contributed by atoms with E-state index < -0.39 is 0 Å². The maximum atomic E-state index is 13.3. The van der Waals surface area contributed by atoms with Crippen LogP contribution in [-0.2, 0) is 12.8 Å². The van der Waals surface area contributed by atoms with Gasteiger partial charge in [-0.25, -0.2) is 0 Å². The summed E-state index contributed by atoms with van der Waals surface area (Å²) in [5.41, 5.74) is 2.63. The van der Waals surface area contributed by atoms with Crippen LogP contribution in [0.2, 0.25) is 0 Å². The summed E-state index contributed by atoms with van der Waals surface area (Å²) in [4.78, 5) is 31.2. The number of fused-ring (bicyclic) bond motifs is 1. The Bertz CT molecular complexity index is 1080. The summed E-state index contributed by atoms with van der Waals surface area (Å²) >= 11 is 1.49. The van der Waals surface area contributed by atoms with Crippen LogP contribution in [0.4, 0.5) is 10.7 Å². The fourth-order valence-electron chi connectivity index (χ4n) is 3.68. The van der Waals surface area contributed by atoms with Gasteiger partial charge in [0.1, 0.15) is 10.8 Å². The molecule has 1 aliphatic rings. The van der Waals surface area contributed by atoms with E-state index in [9.17, 15) is 9.59 Å². The van der Waals surface area contributed by atoms with Gasteiger partial charge < -0.3 is 15.4 Å². The average molecular weight is 422 g/mol. The highest BCUT2D eigenvalue weighted by Crippen LogP contribution is 2.40. The highest BCUT2D eigenvalue weighted by atomic mass is 32.1. The predicted molar refractivity (Wildman–Crippen MR) is 119 cm³/mol. The summed E-state index contributed by atoms with van der Waals surface area (Å²) in [6, 6.07) is 10.7. The Morgan fingerprint density at radius 2 is 1.97 bits per heavy atom. The lowest BCUT2D eigenvalue weighted by Crippen LogP contribution is -2.19. The minimum absolute atomic E-state index is 0.243. The first-order valence-electron chi connectivity index (χ1n) is 9.87. The summed E-state index contributed by atoms with van der Waals surface area (Å²) in [7, 11) is 1.57. The number of aromatic nitrogens is 1. The standard InChI is InChI=1S/C23H23N3O3S/c1-14-9-10-16-19(12-14)30-23(26-21(27)15-6-5-11-24-13-15)20(16)22(28)25-17-7-3-4-8-18(17)29-2/h3-8,11,13-14H,9-10,12H2,1-2H3,(H,25,28)(H,26,27)/t14-/m0/s1. The average Bonchev–Trinajstić information content (AvgIpc) is 3.11. The number of methoxy groups -OCH3 is 1. The lowest BCUT2D eigenvalue weighted by atomic mass is 9.88. The lowest BCUT2D eigenvalue weighted by Gasteiger charge is -2.19. The SMILES string of the molecule is COc1ccccc1NC(=O)c1c(NC(=O)c2cccnc2)sc2c1CC[C@H](C)C2. The zero-order valence-corrected chi connectivity index (χ0v) is 17.7. The van der Waals surface area contributed by atoms with Crippen LogP contribution in [0.1, 0.15) is 44.5 Å². The predicted octanol–water partition coefficient (Wildman–Crippen LogP) is 4.78. The van der Waals surface area contributed by atoms with Gasteiger partial charge in [-0.15, -0.1) is 11.3 Å². The van der Waals surface area contributed by atoms with E-state index in [0.717, 1.165) is 24.8 Å². The molecule has 6 nitrogen and oxygen atoms in total. The van der Waals surface area contributed by atoms with E-state index >= 15 is 0 Å². The van der Waals surface area contributed by atoms with Crippen molar-refractivity contribution in [2.45, 2.75) is 26.2 Å². The number of rotatable bonds is 5. The van der Waals surface area contributed by atoms with E-state index in [0.29, 0.717) is 33.5 Å². The monoisotopic (exact) mass is 421 g/mol. The van der Waals surface area contributed by atoms with Crippen molar-refractivity contribution in [1.82, 2.24) is 4.98 Å². The smallest absolute Gasteiger partial charge is 0.259 e. The van der Waals surface area contributed by atoms with Crippen molar-refractivity contribution in [1.29, 1.82) is 0 Å². The molecule has 1 aliphatic carbocycles. The number of ether oxygens (including phenoxy) is 1. The summed E-state index contributed by atoms with van der Waals surface area (Å²) in [6.07, 6.45) is 5.89. The molecule has 3 aromatic rings. The molecular formula is C23H23N3O3S. The van der Waals surface area contributed by atoms with Crippen molar-refractivity contribution in [3.8, 4) is 5.75 Å². The van der Waals surface area contributed by atoms with Crippen LogP contribution >= 0.6 is 11.3 Å². The number of benzene rings is 1. The van der Waals surface area contributed by atoms with Crippen LogP contribution in [0.25, 0.3) is 0 Å². The molecule has 0 unspecified atom stereocenters. The number of anilines is 2. The molecule has 154 valence electrons. The Balaban J connectivity index is 1.68. The zero-order chi connectivity index (χ0) is 21.1. The van der Waals surface area contributed by atoms with Crippen molar-refractivity contribution in [3.05, 3.63) is 70.4 Å². The minimum atomic E-state index is -0.277. The second-order valence-corrected chi connectivity index (χ2v) is 8.51. The van der Waals surface area contributed by atoms with Gasteiger partial charge in [0, 0.05) is 17.3 Å². The lowest BCUT2D eigenvalue weighted by molar-refractivity contribution is 0.102. The molecule has 7 heteroatoms. The third-order valence-electron chi connectivity index (χ3n) is 5.24. The molecule has 0 aliphatic heterocycles. The van der Waals surface area contributed by atoms with Gasteiger partial charge in [-0.05, 0) is 55.0 Å². The van der Waals surface area contributed by atoms with Gasteiger partial charge >= 0.3 is 0 Å². The fraction of sp³-hybridized carbons (Fsp3) is 0.261. The van der Waals surface area contributed by atoms with E-state index in [1.165, 1.54) is 22.4 Å². The highest BCUT2D eigenvalue weighted by molar-refractivity contribution is 7.17. The fourth-order valence-corrected chi connectivity index (χ4v) is 5.09. The third kappa shape index (κ3) is 4.07. The number of thiophene rings is 1. The molecule has 0 radical (unpaired) electrons. The number of pyridine rings is 1. The molecule has 0 spiro atoms. The Morgan fingerprint density at radius 1 is 1.13 bits per heavy atom. The van der Waals surface area contributed by atoms with Crippen molar-refractivity contribution >= 4 is 33.8 Å². The molecule has 2 amide bonds. The first kappa shape index (κ1) is 20.1. The molecule has 0 fully saturated rings. The number of amides is 2. The summed E-state index contributed by atoms with van der Waals surface area (Å²) in [5, 5.41) is 6.48. The van der Waals surface area contributed by atoms with Crippen molar-refractivity contribution in [2.75, 3.05) is 17.7 Å². The number of para-hydroxylation sites is 2. The van der Waals surface area contributed by atoms with Crippen LogP contribution < -0.4 is 15.4 Å². The van der Waals surface area contributed by atoms with Gasteiger partial charge in [0.15, 0.2) is 0 Å². The second kappa shape index (κ2) is 8.67. The molecule has 0 saturated heterocycles. The van der Waals surface area contributed by atoms with Crippen LogP contribution in [0.15, 0.2) is 48.8 Å². The van der Waals surface area contributed by atoms with Crippen molar-refractivity contribution < 1.29 is 14.3 Å². The molecule has 2 aromatic heterocycles. The minimum Gasteiger partial charge on any atom is -0.495 e. The van der Waals surface area contributed by atoms with Crippen LogP contribution in [0.3, 0.4) is 0 Å². The Labute approximate surface area is 179 Å². The molecule has 0 saturated carbocycles. The summed E-state index contributed by atoms with van der Waals surface area (Å²) in [5.74, 6) is 0.627. The molecule has 1 atom stereocenters. The number of carbonyl (C=O) groups excluding carboxylic acids is 2. The molecule has 2 N–H and O–H groups in total. The number of hydrogen-bond acceptors (Lipinski definition) is 5. The molecule has 2 heterocycles. The van der Waals surface area contributed by atoms with Crippen LogP contribution in [0, 0.1) is 5.92 Å². The molecule has 30 heavy (non-hydrogen) atoms. The third-order valence-corrected chi connectivity index (χ3v) is 6.41. The Hall–Kier alpha value is -3.19. The molecule has 1 aromatic carbocycles. The van der Waals surface area contributed by atoms with Gasteiger partial charge in [-0.1, -0.05) is 19.1 Å². The molecule has 4 rings (SSSR count). The van der Waals surface area contributed by atoms with E-state index in [1.807, 2.05) is 12.1 Å². The number of hydrogen-bond donors (Lipinski definition) is 2. The van der Waals surface area contributed by atoms with Gasteiger partial charge in [0.25, 0.3) is 11.8 Å². The van der Waals surface area contributed by atoms with Crippen molar-refractivity contribution in [2.24, 2.45) is 5.92 Å². The Kier molecular flexibility index (Phi) is 5.81. The maximum Gasteiger partial charge on any atom is 0.259 e. The highest BCUT2D eigenvalue weighted by Gasteiger charge is 2.29. The molecular weight excluding hydrogens is 398 g/mol. The summed E-state index contributed by atoms with van der Waals surface area (Å²) in [6.45, 7) is 2.21. The largest absolute Gasteiger partial charge is 0.495 e. The van der Waals surface area contributed by atoms with E-state index in [1.54, 1.807) is 37.6 Å². The molecule has 0 bridgehead atoms. The Morgan fingerprint density at radius 3 is 2.73 bits per heavy atom. The van der Waals surface area contributed by atoms with E-state index in [2.05, 4.69) is 22.5 Å². The first-order valence-corrected chi connectivity index (χ1v) is 10.7. The second-order valence-electron chi connectivity index (χ2n) is 7.41. The topological polar surface area (TPSA) is 80.3 Å². The van der Waals surface area contributed by atoms with Crippen LogP contribution in [-0.4, -0.2) is 23.9 Å². The number of nitrogens with zero attached hydrogens (tertiary/aromatic N) is 1. The normalized spacial score (nSPS) is 15.2. The number of nitrogens with one attached hydrogen (secondary N) is 2. The van der Waals surface area contributed by atoms with Gasteiger partial charge in [0.05, 0.1) is 23.9 Å².